The maximum absolute atomic E-state index is 13.0. The summed E-state index contributed by atoms with van der Waals surface area (Å²) in [6, 6.07) is 0. The Hall–Kier alpha value is -2.39. The van der Waals surface area contributed by atoms with E-state index in [1.54, 1.807) is 33.8 Å². The number of imide groups is 1. The van der Waals surface area contributed by atoms with Gasteiger partial charge in [-0.05, 0) is 107 Å². The van der Waals surface area contributed by atoms with Crippen LogP contribution in [0, 0.1) is 0 Å². The first-order chi connectivity index (χ1) is 19.0. The largest absolute Gasteiger partial charge is 0.494 e. The van der Waals surface area contributed by atoms with Crippen LogP contribution in [0.4, 0.5) is 4.79 Å². The molecule has 1 aliphatic rings. The molecule has 0 unspecified atom stereocenters. The third kappa shape index (κ3) is 15.7. The van der Waals surface area contributed by atoms with Gasteiger partial charge in [-0.25, -0.2) is 9.69 Å². The lowest BCUT2D eigenvalue weighted by Crippen LogP contribution is -2.41. The van der Waals surface area contributed by atoms with Crippen LogP contribution >= 0.6 is 0 Å². The minimum atomic E-state index is -0.729. The zero-order chi connectivity index (χ0) is 34.3. The molecule has 42 heavy (non-hydrogen) atoms. The summed E-state index contributed by atoms with van der Waals surface area (Å²) >= 11 is 0. The van der Waals surface area contributed by atoms with Crippen LogP contribution < -0.4 is 0 Å². The Labute approximate surface area is 258 Å². The minimum absolute atomic E-state index is 0.162. The van der Waals surface area contributed by atoms with Crippen molar-refractivity contribution in [2.24, 2.45) is 0 Å². The van der Waals surface area contributed by atoms with Crippen molar-refractivity contribution >= 4 is 25.1 Å². The highest BCUT2D eigenvalue weighted by atomic mass is 16.7. The molecule has 1 heterocycles. The lowest BCUT2D eigenvalue weighted by Gasteiger charge is -2.32. The monoisotopic (exact) mass is 595 g/mol. The molecule has 0 aromatic rings. The molecule has 244 valence electrons. The number of allylic oxidation sites excluding steroid dienone is 5. The van der Waals surface area contributed by atoms with E-state index in [0.717, 1.165) is 15.9 Å². The molecule has 0 saturated carbocycles. The highest BCUT2D eigenvalue weighted by Gasteiger charge is 2.52. The highest BCUT2D eigenvalue weighted by Crippen LogP contribution is 2.39. The van der Waals surface area contributed by atoms with E-state index in [4.69, 9.17) is 18.8 Å². The summed E-state index contributed by atoms with van der Waals surface area (Å²) in [4.78, 5) is 37.1. The summed E-state index contributed by atoms with van der Waals surface area (Å²) in [5, 5.41) is 0. The molecule has 0 atom stereocenters. The molecular formula is C33H62BNO7. The summed E-state index contributed by atoms with van der Waals surface area (Å²) < 4.78 is 22.6. The Morgan fingerprint density at radius 3 is 1.45 bits per heavy atom. The van der Waals surface area contributed by atoms with Crippen LogP contribution in [0.5, 0.6) is 0 Å². The molecule has 0 aliphatic carbocycles. The second-order valence-electron chi connectivity index (χ2n) is 12.1. The van der Waals surface area contributed by atoms with Gasteiger partial charge in [-0.3, -0.25) is 9.59 Å². The Balaban J connectivity index is -0.00000107. The summed E-state index contributed by atoms with van der Waals surface area (Å²) in [6.45, 7) is 35.5. The maximum atomic E-state index is 13.0. The van der Waals surface area contributed by atoms with E-state index in [9.17, 15) is 14.4 Å². The fraction of sp³-hybridized carbons (Fsp3) is 0.727. The van der Waals surface area contributed by atoms with Gasteiger partial charge in [0.2, 0.25) is 5.91 Å². The molecular weight excluding hydrogens is 533 g/mol. The Bertz CT molecular complexity index is 932. The van der Waals surface area contributed by atoms with Crippen molar-refractivity contribution in [2.75, 3.05) is 0 Å². The van der Waals surface area contributed by atoms with Gasteiger partial charge in [0.1, 0.15) is 11.2 Å². The molecule has 9 heteroatoms. The first-order valence-corrected chi connectivity index (χ1v) is 15.1. The predicted molar refractivity (Wildman–Crippen MR) is 175 cm³/mol. The summed E-state index contributed by atoms with van der Waals surface area (Å²) in [7, 11) is -0.614. The Morgan fingerprint density at radius 2 is 1.19 bits per heavy atom. The van der Waals surface area contributed by atoms with Gasteiger partial charge >= 0.3 is 19.2 Å². The van der Waals surface area contributed by atoms with Gasteiger partial charge < -0.3 is 18.8 Å². The second-order valence-corrected chi connectivity index (χ2v) is 12.1. The number of nitrogens with zero attached hydrogens (tertiary/aromatic N) is 1. The lowest BCUT2D eigenvalue weighted by atomic mass is 9.77. The Kier molecular flexibility index (Phi) is 19.9. The first-order valence-electron chi connectivity index (χ1n) is 15.1. The predicted octanol–water partition coefficient (Wildman–Crippen LogP) is 8.99. The van der Waals surface area contributed by atoms with Crippen LogP contribution in [0.2, 0.25) is 0 Å². The number of carbonyl (C=O) groups excluding carboxylic acids is 3. The van der Waals surface area contributed by atoms with Crippen LogP contribution in [0.15, 0.2) is 35.0 Å². The first kappa shape index (κ1) is 44.1. The van der Waals surface area contributed by atoms with Gasteiger partial charge in [0.25, 0.3) is 0 Å². The van der Waals surface area contributed by atoms with E-state index >= 15 is 0 Å². The van der Waals surface area contributed by atoms with Crippen molar-refractivity contribution in [2.45, 2.75) is 160 Å². The second kappa shape index (κ2) is 19.0. The SMILES string of the molecule is CC.CC.CC(=O)OC(C)(C)C.C\C=C(/C=C(\C(C)=C/C)N(C(=O)CC)C(=O)OC(C)(C)C)B1OC(C)(C)C(C)(C)O1. The molecule has 0 N–H and O–H groups in total. The lowest BCUT2D eigenvalue weighted by molar-refractivity contribution is -0.151. The molecule has 1 fully saturated rings. The van der Waals surface area contributed by atoms with E-state index in [1.807, 2.05) is 109 Å². The smallest absolute Gasteiger partial charge is 0.460 e. The standard InChI is InChI=1S/C23H38BNO5.C6H12O2.2C2H6/c1-12-16(4)18(25(19(26)14-3)20(27)28-21(5,6)7)15-17(13-2)24-29-22(8,9)23(10,11)30-24;1-5(7)8-6(2,3)4;2*1-2/h12-13,15H,14H2,1-11H3;1-4H3;2*1-2H3/b16-12-,17-13+,18-15+;;;. The van der Waals surface area contributed by atoms with Gasteiger partial charge in [0.15, 0.2) is 0 Å². The average Bonchev–Trinajstić information content (AvgIpc) is 3.07. The molecule has 2 amide bonds. The van der Waals surface area contributed by atoms with E-state index in [2.05, 4.69) is 0 Å². The number of esters is 1. The quantitative estimate of drug-likeness (QED) is 0.178. The number of carbonyl (C=O) groups is 3. The molecule has 0 aromatic heterocycles. The van der Waals surface area contributed by atoms with Crippen molar-refractivity contribution in [3.05, 3.63) is 35.0 Å². The summed E-state index contributed by atoms with van der Waals surface area (Å²) in [5.74, 6) is -0.571. The molecule has 0 bridgehead atoms. The molecule has 8 nitrogen and oxygen atoms in total. The van der Waals surface area contributed by atoms with E-state index in [0.29, 0.717) is 5.70 Å². The highest BCUT2D eigenvalue weighted by molar-refractivity contribution is 6.55. The van der Waals surface area contributed by atoms with Crippen LogP contribution in [-0.2, 0) is 28.4 Å². The molecule has 0 radical (unpaired) electrons. The van der Waals surface area contributed by atoms with Crippen LogP contribution in [0.1, 0.15) is 138 Å². The van der Waals surface area contributed by atoms with Crippen molar-refractivity contribution in [3.63, 3.8) is 0 Å². The number of hydrogen-bond donors (Lipinski definition) is 0. The zero-order valence-electron chi connectivity index (χ0n) is 30.3. The molecule has 0 spiro atoms. The third-order valence-corrected chi connectivity index (χ3v) is 5.82. The van der Waals surface area contributed by atoms with Crippen LogP contribution in [0.25, 0.3) is 0 Å². The maximum Gasteiger partial charge on any atom is 0.494 e. The number of amides is 2. The van der Waals surface area contributed by atoms with Gasteiger partial charge in [0, 0.05) is 13.3 Å². The van der Waals surface area contributed by atoms with Crippen molar-refractivity contribution < 1.29 is 33.2 Å². The summed E-state index contributed by atoms with van der Waals surface area (Å²) in [5.41, 5.74) is -0.124. The fourth-order valence-corrected chi connectivity index (χ4v) is 3.16. The van der Waals surface area contributed by atoms with Gasteiger partial charge in [0.05, 0.1) is 16.9 Å². The van der Waals surface area contributed by atoms with E-state index < -0.39 is 30.0 Å². The van der Waals surface area contributed by atoms with Crippen molar-refractivity contribution in [1.82, 2.24) is 4.90 Å². The van der Waals surface area contributed by atoms with Gasteiger partial charge in [-0.15, -0.1) is 0 Å². The van der Waals surface area contributed by atoms with Crippen molar-refractivity contribution in [1.29, 1.82) is 0 Å². The third-order valence-electron chi connectivity index (χ3n) is 5.82. The Morgan fingerprint density at radius 1 is 0.786 bits per heavy atom. The van der Waals surface area contributed by atoms with E-state index in [-0.39, 0.29) is 23.9 Å². The van der Waals surface area contributed by atoms with Gasteiger partial charge in [-0.1, -0.05) is 46.8 Å². The van der Waals surface area contributed by atoms with Gasteiger partial charge in [-0.2, -0.15) is 0 Å². The summed E-state index contributed by atoms with van der Waals surface area (Å²) in [6.07, 6.45) is 4.95. The number of ether oxygens (including phenoxy) is 2. The number of rotatable bonds is 5. The molecule has 1 rings (SSSR count). The fourth-order valence-electron chi connectivity index (χ4n) is 3.16. The van der Waals surface area contributed by atoms with Crippen LogP contribution in [0.3, 0.4) is 0 Å². The topological polar surface area (TPSA) is 91.4 Å². The normalized spacial score (nSPS) is 16.5. The number of hydrogen-bond acceptors (Lipinski definition) is 7. The average molecular weight is 596 g/mol. The van der Waals surface area contributed by atoms with Crippen molar-refractivity contribution in [3.8, 4) is 0 Å². The van der Waals surface area contributed by atoms with E-state index in [1.165, 1.54) is 6.92 Å². The molecule has 1 saturated heterocycles. The zero-order valence-corrected chi connectivity index (χ0v) is 30.3. The van der Waals surface area contributed by atoms with Crippen LogP contribution in [-0.4, -0.2) is 52.4 Å². The molecule has 1 aliphatic heterocycles. The molecule has 0 aromatic carbocycles. The minimum Gasteiger partial charge on any atom is -0.460 e.